The Morgan fingerprint density at radius 2 is 2.18 bits per heavy atom. The number of ether oxygens (including phenoxy) is 1. The van der Waals surface area contributed by atoms with Gasteiger partial charge in [0.05, 0.1) is 12.5 Å². The van der Waals surface area contributed by atoms with Crippen LogP contribution in [-0.4, -0.2) is 35.8 Å². The Hall–Kier alpha value is -2.11. The molecule has 0 saturated carbocycles. The highest BCUT2D eigenvalue weighted by molar-refractivity contribution is 6.02. The highest BCUT2D eigenvalue weighted by Crippen LogP contribution is 2.33. The number of hydrogen-bond donors (Lipinski definition) is 1. The zero-order chi connectivity index (χ0) is 12.0. The average Bonchev–Trinajstić information content (AvgIpc) is 2.31. The first-order chi connectivity index (χ1) is 8.18. The Bertz CT molecular complexity index is 492. The van der Waals surface area contributed by atoms with E-state index in [2.05, 4.69) is 5.32 Å². The summed E-state index contributed by atoms with van der Waals surface area (Å²) in [5.74, 6) is -1.54. The van der Waals surface area contributed by atoms with E-state index < -0.39 is 11.9 Å². The molecule has 0 radical (unpaired) electrons. The third-order valence-electron chi connectivity index (χ3n) is 3.14. The molecular weight excluding hydrogens is 224 g/mol. The van der Waals surface area contributed by atoms with Gasteiger partial charge in [-0.1, -0.05) is 0 Å². The van der Waals surface area contributed by atoms with Gasteiger partial charge in [0.1, 0.15) is 12.3 Å². The number of fused-ring (bicyclic) bond motifs is 2. The van der Waals surface area contributed by atoms with Gasteiger partial charge in [0, 0.05) is 12.6 Å². The zero-order valence-electron chi connectivity index (χ0n) is 8.93. The Morgan fingerprint density at radius 1 is 1.35 bits per heavy atom. The molecule has 3 aliphatic rings. The van der Waals surface area contributed by atoms with Gasteiger partial charge < -0.3 is 15.0 Å². The van der Waals surface area contributed by atoms with Crippen LogP contribution in [0.2, 0.25) is 0 Å². The predicted molar refractivity (Wildman–Crippen MR) is 55.1 cm³/mol. The number of amides is 2. The highest BCUT2D eigenvalue weighted by Gasteiger charge is 2.42. The summed E-state index contributed by atoms with van der Waals surface area (Å²) in [4.78, 5) is 36.6. The van der Waals surface area contributed by atoms with E-state index in [-0.39, 0.29) is 30.5 Å². The monoisotopic (exact) mass is 234 g/mol. The van der Waals surface area contributed by atoms with E-state index >= 15 is 0 Å². The molecule has 0 aliphatic carbocycles. The molecule has 1 N–H and O–H groups in total. The third kappa shape index (κ3) is 1.37. The van der Waals surface area contributed by atoms with Crippen LogP contribution in [0.5, 0.6) is 0 Å². The molecule has 6 heteroatoms. The van der Waals surface area contributed by atoms with Gasteiger partial charge in [-0.25, -0.2) is 4.79 Å². The van der Waals surface area contributed by atoms with Gasteiger partial charge in [-0.2, -0.15) is 0 Å². The molecule has 1 unspecified atom stereocenters. The number of cyclic esters (lactones) is 1. The molecule has 3 aliphatic heterocycles. The third-order valence-corrected chi connectivity index (χ3v) is 3.14. The molecule has 0 bridgehead atoms. The van der Waals surface area contributed by atoms with Crippen molar-refractivity contribution in [1.29, 1.82) is 0 Å². The lowest BCUT2D eigenvalue weighted by Gasteiger charge is -2.37. The minimum Gasteiger partial charge on any atom is -0.459 e. The Labute approximate surface area is 96.9 Å². The fourth-order valence-electron chi connectivity index (χ4n) is 2.35. The number of esters is 1. The van der Waals surface area contributed by atoms with E-state index in [0.29, 0.717) is 12.1 Å². The first-order valence-electron chi connectivity index (χ1n) is 5.37. The average molecular weight is 234 g/mol. The zero-order valence-corrected chi connectivity index (χ0v) is 8.93. The minimum atomic E-state index is -0.565. The molecule has 17 heavy (non-hydrogen) atoms. The van der Waals surface area contributed by atoms with Crippen LogP contribution in [-0.2, 0) is 19.1 Å². The Morgan fingerprint density at radius 3 is 3.00 bits per heavy atom. The standard InChI is InChI=1S/C11H10N2O4/c14-8-5-7-6(1-2-12-10(7)15)9-11(16)17-4-3-13(8)9/h1-2,7H,3-5H2,(H,12,15). The van der Waals surface area contributed by atoms with Crippen molar-refractivity contribution in [2.24, 2.45) is 5.92 Å². The summed E-state index contributed by atoms with van der Waals surface area (Å²) in [6.45, 7) is 0.577. The molecule has 1 fully saturated rings. The van der Waals surface area contributed by atoms with Gasteiger partial charge in [0.25, 0.3) is 0 Å². The first kappa shape index (κ1) is 10.1. The van der Waals surface area contributed by atoms with Crippen LogP contribution in [0.25, 0.3) is 0 Å². The summed E-state index contributed by atoms with van der Waals surface area (Å²) < 4.78 is 4.92. The van der Waals surface area contributed by atoms with Crippen LogP contribution in [0.4, 0.5) is 0 Å². The van der Waals surface area contributed by atoms with Gasteiger partial charge >= 0.3 is 5.97 Å². The summed E-state index contributed by atoms with van der Waals surface area (Å²) in [6, 6.07) is 0. The maximum Gasteiger partial charge on any atom is 0.355 e. The second kappa shape index (κ2) is 3.44. The summed E-state index contributed by atoms with van der Waals surface area (Å²) in [6.07, 6.45) is 3.26. The topological polar surface area (TPSA) is 75.7 Å². The number of rotatable bonds is 0. The van der Waals surface area contributed by atoms with Crippen LogP contribution >= 0.6 is 0 Å². The van der Waals surface area contributed by atoms with Gasteiger partial charge in [-0.15, -0.1) is 0 Å². The highest BCUT2D eigenvalue weighted by atomic mass is 16.5. The molecule has 1 saturated heterocycles. The molecule has 0 aromatic carbocycles. The fourth-order valence-corrected chi connectivity index (χ4v) is 2.35. The molecule has 1 atom stereocenters. The van der Waals surface area contributed by atoms with E-state index in [1.165, 1.54) is 11.1 Å². The first-order valence-corrected chi connectivity index (χ1v) is 5.37. The van der Waals surface area contributed by atoms with Crippen LogP contribution in [0.15, 0.2) is 23.5 Å². The van der Waals surface area contributed by atoms with Crippen molar-refractivity contribution in [3.63, 3.8) is 0 Å². The van der Waals surface area contributed by atoms with Crippen LogP contribution in [0.3, 0.4) is 0 Å². The van der Waals surface area contributed by atoms with Gasteiger partial charge in [-0.3, -0.25) is 9.59 Å². The lowest BCUT2D eigenvalue weighted by molar-refractivity contribution is -0.152. The molecule has 88 valence electrons. The van der Waals surface area contributed by atoms with Gasteiger partial charge in [0.15, 0.2) is 0 Å². The number of morpholine rings is 1. The SMILES string of the molecule is O=C1OCCN2C(=O)CC3C(=O)NC=CC3=C12. The molecular formula is C11H10N2O4. The molecule has 0 spiro atoms. The molecule has 0 aromatic heterocycles. The van der Waals surface area contributed by atoms with E-state index in [1.54, 1.807) is 6.08 Å². The molecule has 2 amide bonds. The maximum atomic E-state index is 11.9. The van der Waals surface area contributed by atoms with Crippen LogP contribution in [0.1, 0.15) is 6.42 Å². The normalized spacial score (nSPS) is 27.4. The Kier molecular flexibility index (Phi) is 2.04. The predicted octanol–water partition coefficient (Wildman–Crippen LogP) is -0.711. The maximum absolute atomic E-state index is 11.9. The summed E-state index contributed by atoms with van der Waals surface area (Å²) in [5, 5.41) is 2.54. The van der Waals surface area contributed by atoms with Crippen molar-refractivity contribution in [1.82, 2.24) is 10.2 Å². The number of allylic oxidation sites excluding steroid dienone is 1. The summed E-state index contributed by atoms with van der Waals surface area (Å²) in [7, 11) is 0. The second-order valence-electron chi connectivity index (χ2n) is 4.08. The molecule has 3 heterocycles. The van der Waals surface area contributed by atoms with E-state index in [0.717, 1.165) is 0 Å². The fraction of sp³-hybridized carbons (Fsp3) is 0.364. The van der Waals surface area contributed by atoms with Crippen molar-refractivity contribution in [2.45, 2.75) is 6.42 Å². The quantitative estimate of drug-likeness (QED) is 0.562. The van der Waals surface area contributed by atoms with E-state index in [1.807, 2.05) is 0 Å². The lowest BCUT2D eigenvalue weighted by atomic mass is 9.86. The largest absolute Gasteiger partial charge is 0.459 e. The van der Waals surface area contributed by atoms with Crippen molar-refractivity contribution >= 4 is 17.8 Å². The summed E-state index contributed by atoms with van der Waals surface area (Å²) in [5.41, 5.74) is 0.807. The van der Waals surface area contributed by atoms with E-state index in [9.17, 15) is 14.4 Å². The van der Waals surface area contributed by atoms with Crippen molar-refractivity contribution in [2.75, 3.05) is 13.2 Å². The van der Waals surface area contributed by atoms with Gasteiger partial charge in [0.2, 0.25) is 11.8 Å². The van der Waals surface area contributed by atoms with Gasteiger partial charge in [-0.05, 0) is 11.6 Å². The lowest BCUT2D eigenvalue weighted by Crippen LogP contribution is -2.49. The Balaban J connectivity index is 2.16. The second-order valence-corrected chi connectivity index (χ2v) is 4.08. The molecule has 0 aromatic rings. The number of nitrogens with zero attached hydrogens (tertiary/aromatic N) is 1. The summed E-state index contributed by atoms with van der Waals surface area (Å²) >= 11 is 0. The van der Waals surface area contributed by atoms with Crippen molar-refractivity contribution in [3.8, 4) is 0 Å². The smallest absolute Gasteiger partial charge is 0.355 e. The number of hydrogen-bond acceptors (Lipinski definition) is 4. The van der Waals surface area contributed by atoms with Crippen LogP contribution in [0, 0.1) is 5.92 Å². The minimum absolute atomic E-state index is 0.113. The molecule has 3 rings (SSSR count). The van der Waals surface area contributed by atoms with Crippen molar-refractivity contribution < 1.29 is 19.1 Å². The van der Waals surface area contributed by atoms with Crippen LogP contribution < -0.4 is 5.32 Å². The number of nitrogens with one attached hydrogen (secondary N) is 1. The van der Waals surface area contributed by atoms with Crippen molar-refractivity contribution in [3.05, 3.63) is 23.5 Å². The van der Waals surface area contributed by atoms with E-state index in [4.69, 9.17) is 4.74 Å². The number of carbonyl (C=O) groups excluding carboxylic acids is 3. The molecule has 6 nitrogen and oxygen atoms in total. The number of carbonyl (C=O) groups is 3.